The monoisotopic (exact) mass is 507 g/mol. The van der Waals surface area contributed by atoms with Gasteiger partial charge in [0.25, 0.3) is 5.91 Å². The number of amides is 1. The molecule has 5 aromatic rings. The molecule has 1 fully saturated rings. The number of carbonyl (C=O) groups is 1. The number of carbonyl (C=O) groups excluding carboxylic acids is 1. The molecule has 0 radical (unpaired) electrons. The van der Waals surface area contributed by atoms with Crippen molar-refractivity contribution >= 4 is 28.1 Å². The van der Waals surface area contributed by atoms with Crippen LogP contribution in [0.2, 0.25) is 0 Å². The maximum absolute atomic E-state index is 12.7. The highest BCUT2D eigenvalue weighted by Gasteiger charge is 2.17. The normalized spacial score (nSPS) is 13.8. The van der Waals surface area contributed by atoms with Gasteiger partial charge in [-0.3, -0.25) is 9.78 Å². The second kappa shape index (κ2) is 10.2. The molecule has 0 saturated carbocycles. The van der Waals surface area contributed by atoms with Gasteiger partial charge in [-0.2, -0.15) is 5.10 Å². The number of nitrogens with zero attached hydrogens (tertiary/aromatic N) is 5. The van der Waals surface area contributed by atoms with Crippen molar-refractivity contribution in [3.63, 3.8) is 0 Å². The van der Waals surface area contributed by atoms with E-state index < -0.39 is 0 Å². The maximum Gasteiger partial charge on any atom is 0.253 e. The quantitative estimate of drug-likeness (QED) is 0.324. The number of aryl methyl sites for hydroxylation is 1. The molecule has 4 heterocycles. The van der Waals surface area contributed by atoms with Gasteiger partial charge in [0.1, 0.15) is 0 Å². The van der Waals surface area contributed by atoms with Crippen LogP contribution in [0.25, 0.3) is 38.9 Å². The predicted molar refractivity (Wildman–Crippen MR) is 148 cm³/mol. The third-order valence-electron chi connectivity index (χ3n) is 7.03. The van der Waals surface area contributed by atoms with E-state index in [1.165, 1.54) is 5.69 Å². The Labute approximate surface area is 220 Å². The van der Waals surface area contributed by atoms with Crippen LogP contribution in [-0.2, 0) is 0 Å². The van der Waals surface area contributed by atoms with Crippen LogP contribution in [0.5, 0.6) is 0 Å². The summed E-state index contributed by atoms with van der Waals surface area (Å²) in [6, 6.07) is 18.2. The Morgan fingerprint density at radius 1 is 1.05 bits per heavy atom. The minimum absolute atomic E-state index is 0.121. The molecular formula is C29H29N7O2. The van der Waals surface area contributed by atoms with Gasteiger partial charge < -0.3 is 20.6 Å². The third kappa shape index (κ3) is 4.36. The zero-order valence-corrected chi connectivity index (χ0v) is 21.2. The molecule has 0 spiro atoms. The van der Waals surface area contributed by atoms with Crippen molar-refractivity contribution in [2.45, 2.75) is 6.92 Å². The standard InChI is InChI=1S/C29H29N7O2/c1-19-25(20-5-7-21(8-6-20)35-14-11-30-12-15-35)17-27-33-18-26(36(27)34-19)22-9-10-31-28-23(22)3-2-4-24(28)29(38)32-13-16-37/h2-10,17-18,30,37H,11-16H2,1H3,(H,32,38). The molecule has 3 aromatic heterocycles. The Hall–Kier alpha value is -4.34. The van der Waals surface area contributed by atoms with Crippen molar-refractivity contribution in [2.75, 3.05) is 44.2 Å². The van der Waals surface area contributed by atoms with Crippen molar-refractivity contribution in [2.24, 2.45) is 0 Å². The SMILES string of the molecule is Cc1nn2c(-c3ccnc4c(C(=O)NCCO)cccc34)cnc2cc1-c1ccc(N2CCNCC2)cc1. The summed E-state index contributed by atoms with van der Waals surface area (Å²) >= 11 is 0. The highest BCUT2D eigenvalue weighted by atomic mass is 16.3. The largest absolute Gasteiger partial charge is 0.395 e. The Bertz CT molecular complexity index is 1620. The van der Waals surface area contributed by atoms with Crippen LogP contribution in [0.15, 0.2) is 67.0 Å². The molecule has 38 heavy (non-hydrogen) atoms. The molecule has 9 nitrogen and oxygen atoms in total. The van der Waals surface area contributed by atoms with Crippen LogP contribution in [0.3, 0.4) is 0 Å². The molecule has 0 atom stereocenters. The number of nitrogens with one attached hydrogen (secondary N) is 2. The lowest BCUT2D eigenvalue weighted by atomic mass is 10.0. The number of fused-ring (bicyclic) bond motifs is 2. The number of anilines is 1. The summed E-state index contributed by atoms with van der Waals surface area (Å²) in [5.41, 5.74) is 7.79. The van der Waals surface area contributed by atoms with Gasteiger partial charge in [0.15, 0.2) is 5.65 Å². The molecular weight excluding hydrogens is 478 g/mol. The lowest BCUT2D eigenvalue weighted by Crippen LogP contribution is -2.43. The molecule has 192 valence electrons. The zero-order valence-electron chi connectivity index (χ0n) is 21.2. The average molecular weight is 508 g/mol. The number of hydrogen-bond donors (Lipinski definition) is 3. The Balaban J connectivity index is 1.37. The number of piperazine rings is 1. The first-order valence-corrected chi connectivity index (χ1v) is 12.8. The fourth-order valence-corrected chi connectivity index (χ4v) is 5.10. The first kappa shape index (κ1) is 24.0. The van der Waals surface area contributed by atoms with Gasteiger partial charge in [-0.25, -0.2) is 9.50 Å². The van der Waals surface area contributed by atoms with E-state index in [2.05, 4.69) is 55.8 Å². The van der Waals surface area contributed by atoms with E-state index in [4.69, 9.17) is 10.2 Å². The van der Waals surface area contributed by atoms with E-state index in [-0.39, 0.29) is 19.1 Å². The van der Waals surface area contributed by atoms with E-state index in [9.17, 15) is 4.79 Å². The molecule has 6 rings (SSSR count). The fraction of sp³-hybridized carbons (Fsp3) is 0.241. The molecule has 1 amide bonds. The minimum Gasteiger partial charge on any atom is -0.395 e. The zero-order chi connectivity index (χ0) is 26.1. The number of aliphatic hydroxyl groups is 1. The summed E-state index contributed by atoms with van der Waals surface area (Å²) in [6.45, 7) is 6.12. The van der Waals surface area contributed by atoms with Crippen molar-refractivity contribution in [3.8, 4) is 22.4 Å². The van der Waals surface area contributed by atoms with Crippen molar-refractivity contribution in [1.29, 1.82) is 0 Å². The number of aliphatic hydroxyl groups excluding tert-OH is 1. The third-order valence-corrected chi connectivity index (χ3v) is 7.03. The average Bonchev–Trinajstić information content (AvgIpc) is 3.37. The van der Waals surface area contributed by atoms with Crippen LogP contribution >= 0.6 is 0 Å². The van der Waals surface area contributed by atoms with Gasteiger partial charge in [0, 0.05) is 61.1 Å². The second-order valence-corrected chi connectivity index (χ2v) is 9.38. The number of pyridine rings is 1. The van der Waals surface area contributed by atoms with E-state index in [1.807, 2.05) is 35.8 Å². The van der Waals surface area contributed by atoms with Gasteiger partial charge in [0.05, 0.1) is 35.3 Å². The van der Waals surface area contributed by atoms with Crippen LogP contribution in [0.4, 0.5) is 5.69 Å². The Kier molecular flexibility index (Phi) is 6.45. The lowest BCUT2D eigenvalue weighted by molar-refractivity contribution is 0.0946. The first-order valence-electron chi connectivity index (χ1n) is 12.8. The molecule has 0 unspecified atom stereocenters. The van der Waals surface area contributed by atoms with Crippen molar-refractivity contribution in [3.05, 3.63) is 78.2 Å². The Morgan fingerprint density at radius 3 is 2.66 bits per heavy atom. The van der Waals surface area contributed by atoms with E-state index >= 15 is 0 Å². The van der Waals surface area contributed by atoms with Gasteiger partial charge >= 0.3 is 0 Å². The van der Waals surface area contributed by atoms with Crippen LogP contribution < -0.4 is 15.5 Å². The molecule has 1 aliphatic rings. The van der Waals surface area contributed by atoms with Crippen LogP contribution in [-0.4, -0.2) is 69.9 Å². The summed E-state index contributed by atoms with van der Waals surface area (Å²) in [5.74, 6) is -0.269. The van der Waals surface area contributed by atoms with Gasteiger partial charge in [-0.15, -0.1) is 0 Å². The first-order chi connectivity index (χ1) is 18.6. The van der Waals surface area contributed by atoms with E-state index in [0.29, 0.717) is 11.1 Å². The molecule has 9 heteroatoms. The summed E-state index contributed by atoms with van der Waals surface area (Å²) in [5, 5.41) is 20.9. The predicted octanol–water partition coefficient (Wildman–Crippen LogP) is 3.05. The second-order valence-electron chi connectivity index (χ2n) is 9.38. The highest BCUT2D eigenvalue weighted by Crippen LogP contribution is 2.32. The molecule has 0 bridgehead atoms. The summed E-state index contributed by atoms with van der Waals surface area (Å²) in [6.07, 6.45) is 3.51. The Morgan fingerprint density at radius 2 is 1.87 bits per heavy atom. The van der Waals surface area contributed by atoms with E-state index in [1.54, 1.807) is 12.3 Å². The molecule has 1 saturated heterocycles. The highest BCUT2D eigenvalue weighted by molar-refractivity contribution is 6.08. The number of hydrogen-bond acceptors (Lipinski definition) is 7. The van der Waals surface area contributed by atoms with Gasteiger partial charge in [0.2, 0.25) is 0 Å². The number of benzene rings is 2. The topological polar surface area (TPSA) is 108 Å². The minimum atomic E-state index is -0.269. The smallest absolute Gasteiger partial charge is 0.253 e. The van der Waals surface area contributed by atoms with Crippen LogP contribution in [0, 0.1) is 6.92 Å². The molecule has 1 aliphatic heterocycles. The van der Waals surface area contributed by atoms with Crippen LogP contribution in [0.1, 0.15) is 16.1 Å². The summed E-state index contributed by atoms with van der Waals surface area (Å²) in [4.78, 5) is 24.2. The van der Waals surface area contributed by atoms with Crippen molar-refractivity contribution in [1.82, 2.24) is 30.2 Å². The molecule has 3 N–H and O–H groups in total. The number of imidazole rings is 1. The summed E-state index contributed by atoms with van der Waals surface area (Å²) in [7, 11) is 0. The summed E-state index contributed by atoms with van der Waals surface area (Å²) < 4.78 is 1.85. The van der Waals surface area contributed by atoms with Crippen molar-refractivity contribution < 1.29 is 9.90 Å². The number of para-hydroxylation sites is 1. The molecule has 0 aliphatic carbocycles. The van der Waals surface area contributed by atoms with Gasteiger partial charge in [-0.1, -0.05) is 24.3 Å². The number of aromatic nitrogens is 4. The van der Waals surface area contributed by atoms with E-state index in [0.717, 1.165) is 65.3 Å². The molecule has 2 aromatic carbocycles. The number of rotatable bonds is 6. The van der Waals surface area contributed by atoms with Gasteiger partial charge in [-0.05, 0) is 42.8 Å². The maximum atomic E-state index is 12.7. The lowest BCUT2D eigenvalue weighted by Gasteiger charge is -2.29. The fourth-order valence-electron chi connectivity index (χ4n) is 5.10.